The molecular formula is C18H21BrClN. The van der Waals surface area contributed by atoms with Gasteiger partial charge in [0.1, 0.15) is 0 Å². The van der Waals surface area contributed by atoms with Crippen molar-refractivity contribution >= 4 is 27.5 Å². The largest absolute Gasteiger partial charge is 0.307 e. The van der Waals surface area contributed by atoms with E-state index in [0.29, 0.717) is 0 Å². The van der Waals surface area contributed by atoms with E-state index in [4.69, 9.17) is 11.6 Å². The quantitative estimate of drug-likeness (QED) is 0.686. The number of nitrogens with one attached hydrogen (secondary N) is 1. The lowest BCUT2D eigenvalue weighted by Gasteiger charge is -2.20. The van der Waals surface area contributed by atoms with Crippen LogP contribution in [0.4, 0.5) is 0 Å². The van der Waals surface area contributed by atoms with Gasteiger partial charge in [-0.1, -0.05) is 72.1 Å². The van der Waals surface area contributed by atoms with Crippen molar-refractivity contribution in [2.75, 3.05) is 6.54 Å². The van der Waals surface area contributed by atoms with Crippen LogP contribution in [0.5, 0.6) is 0 Å². The molecule has 21 heavy (non-hydrogen) atoms. The van der Waals surface area contributed by atoms with E-state index in [2.05, 4.69) is 65.4 Å². The Morgan fingerprint density at radius 1 is 1.05 bits per heavy atom. The van der Waals surface area contributed by atoms with E-state index in [9.17, 15) is 0 Å². The highest BCUT2D eigenvalue weighted by Gasteiger charge is 2.14. The standard InChI is InChI=1S/C18H21BrClN/c1-3-5-13-6-8-14(9-7-13)18(21-4-2)15-10-16(19)12-17(20)11-15/h6-12,18,21H,3-5H2,1-2H3. The number of benzene rings is 2. The molecule has 0 aliphatic rings. The fourth-order valence-electron chi connectivity index (χ4n) is 2.54. The third-order valence-electron chi connectivity index (χ3n) is 3.48. The molecule has 3 heteroatoms. The first-order valence-corrected chi connectivity index (χ1v) is 8.59. The third kappa shape index (κ3) is 4.57. The number of hydrogen-bond acceptors (Lipinski definition) is 1. The summed E-state index contributed by atoms with van der Waals surface area (Å²) < 4.78 is 1.01. The van der Waals surface area contributed by atoms with Gasteiger partial charge in [-0.05, 0) is 47.9 Å². The normalized spacial score (nSPS) is 12.4. The highest BCUT2D eigenvalue weighted by Crippen LogP contribution is 2.28. The van der Waals surface area contributed by atoms with E-state index in [1.54, 1.807) is 0 Å². The van der Waals surface area contributed by atoms with Gasteiger partial charge in [0.15, 0.2) is 0 Å². The van der Waals surface area contributed by atoms with Gasteiger partial charge in [0.25, 0.3) is 0 Å². The van der Waals surface area contributed by atoms with Crippen LogP contribution < -0.4 is 5.32 Å². The minimum absolute atomic E-state index is 0.167. The first-order valence-electron chi connectivity index (χ1n) is 7.42. The summed E-state index contributed by atoms with van der Waals surface area (Å²) in [5.74, 6) is 0. The molecule has 1 atom stereocenters. The predicted octanol–water partition coefficient (Wildman–Crippen LogP) is 5.75. The Hall–Kier alpha value is -0.830. The van der Waals surface area contributed by atoms with Gasteiger partial charge in [0, 0.05) is 9.50 Å². The van der Waals surface area contributed by atoms with Crippen LogP contribution in [-0.4, -0.2) is 6.54 Å². The second-order valence-corrected chi connectivity index (χ2v) is 6.54. The summed E-state index contributed by atoms with van der Waals surface area (Å²) in [5, 5.41) is 4.30. The van der Waals surface area contributed by atoms with Crippen molar-refractivity contribution in [1.82, 2.24) is 5.32 Å². The van der Waals surface area contributed by atoms with E-state index in [0.717, 1.165) is 22.5 Å². The van der Waals surface area contributed by atoms with Gasteiger partial charge < -0.3 is 5.32 Å². The second-order valence-electron chi connectivity index (χ2n) is 5.19. The lowest BCUT2D eigenvalue weighted by molar-refractivity contribution is 0.630. The minimum atomic E-state index is 0.167. The van der Waals surface area contributed by atoms with Crippen LogP contribution in [0.25, 0.3) is 0 Å². The third-order valence-corrected chi connectivity index (χ3v) is 4.15. The molecule has 112 valence electrons. The first kappa shape index (κ1) is 16.5. The minimum Gasteiger partial charge on any atom is -0.307 e. The Morgan fingerprint density at radius 2 is 1.76 bits per heavy atom. The zero-order valence-electron chi connectivity index (χ0n) is 12.5. The molecule has 0 radical (unpaired) electrons. The highest BCUT2D eigenvalue weighted by molar-refractivity contribution is 9.10. The summed E-state index contributed by atoms with van der Waals surface area (Å²) in [6.45, 7) is 5.24. The molecule has 0 heterocycles. The van der Waals surface area contributed by atoms with Crippen molar-refractivity contribution in [3.05, 3.63) is 68.7 Å². The van der Waals surface area contributed by atoms with Crippen LogP contribution in [0.1, 0.15) is 43.0 Å². The Kier molecular flexibility index (Phi) is 6.28. The van der Waals surface area contributed by atoms with Crippen LogP contribution in [0.2, 0.25) is 5.02 Å². The van der Waals surface area contributed by atoms with Gasteiger partial charge in [-0.15, -0.1) is 0 Å². The molecule has 0 saturated carbocycles. The van der Waals surface area contributed by atoms with Gasteiger partial charge in [0.05, 0.1) is 6.04 Å². The fourth-order valence-corrected chi connectivity index (χ4v) is 3.43. The van der Waals surface area contributed by atoms with Crippen LogP contribution in [0, 0.1) is 0 Å². The SMILES string of the molecule is CCCc1ccc(C(NCC)c2cc(Cl)cc(Br)c2)cc1. The summed E-state index contributed by atoms with van der Waals surface area (Å²) in [6.07, 6.45) is 2.31. The molecule has 0 fully saturated rings. The molecule has 1 N–H and O–H groups in total. The van der Waals surface area contributed by atoms with Crippen LogP contribution in [0.15, 0.2) is 46.9 Å². The molecule has 2 aromatic carbocycles. The molecule has 0 aliphatic heterocycles. The van der Waals surface area contributed by atoms with Gasteiger partial charge in [0.2, 0.25) is 0 Å². The Morgan fingerprint density at radius 3 is 2.33 bits per heavy atom. The first-order chi connectivity index (χ1) is 10.1. The smallest absolute Gasteiger partial charge is 0.0577 e. The van der Waals surface area contributed by atoms with E-state index in [1.165, 1.54) is 23.1 Å². The van der Waals surface area contributed by atoms with Crippen molar-refractivity contribution in [2.45, 2.75) is 32.7 Å². The molecule has 1 nitrogen and oxygen atoms in total. The van der Waals surface area contributed by atoms with E-state index < -0.39 is 0 Å². The van der Waals surface area contributed by atoms with E-state index >= 15 is 0 Å². The summed E-state index contributed by atoms with van der Waals surface area (Å²) >= 11 is 9.72. The van der Waals surface area contributed by atoms with Crippen molar-refractivity contribution in [3.63, 3.8) is 0 Å². The van der Waals surface area contributed by atoms with E-state index in [1.807, 2.05) is 12.1 Å². The molecule has 0 aromatic heterocycles. The molecule has 0 saturated heterocycles. The van der Waals surface area contributed by atoms with Crippen molar-refractivity contribution in [3.8, 4) is 0 Å². The number of aryl methyl sites for hydroxylation is 1. The predicted molar refractivity (Wildman–Crippen MR) is 95.1 cm³/mol. The fraction of sp³-hybridized carbons (Fsp3) is 0.333. The zero-order chi connectivity index (χ0) is 15.2. The Bertz CT molecular complexity index is 560. The highest BCUT2D eigenvalue weighted by atomic mass is 79.9. The number of halogens is 2. The number of rotatable bonds is 6. The summed E-state index contributed by atoms with van der Waals surface area (Å²) in [6, 6.07) is 15.1. The van der Waals surface area contributed by atoms with Crippen LogP contribution >= 0.6 is 27.5 Å². The molecule has 0 spiro atoms. The van der Waals surface area contributed by atoms with Crippen molar-refractivity contribution < 1.29 is 0 Å². The molecule has 2 aromatic rings. The molecule has 0 bridgehead atoms. The molecule has 2 rings (SSSR count). The van der Waals surface area contributed by atoms with Gasteiger partial charge >= 0.3 is 0 Å². The molecule has 1 unspecified atom stereocenters. The van der Waals surface area contributed by atoms with Crippen molar-refractivity contribution in [2.24, 2.45) is 0 Å². The maximum Gasteiger partial charge on any atom is 0.0577 e. The Labute approximate surface area is 140 Å². The maximum absolute atomic E-state index is 6.19. The lowest BCUT2D eigenvalue weighted by Crippen LogP contribution is -2.22. The summed E-state index contributed by atoms with van der Waals surface area (Å²) in [5.41, 5.74) is 3.84. The second kappa shape index (κ2) is 7.98. The van der Waals surface area contributed by atoms with Gasteiger partial charge in [-0.3, -0.25) is 0 Å². The Balaban J connectivity index is 2.33. The van der Waals surface area contributed by atoms with Gasteiger partial charge in [-0.2, -0.15) is 0 Å². The lowest BCUT2D eigenvalue weighted by atomic mass is 9.97. The van der Waals surface area contributed by atoms with Gasteiger partial charge in [-0.25, -0.2) is 0 Å². The average Bonchev–Trinajstić information content (AvgIpc) is 2.45. The molecule has 0 amide bonds. The molecule has 0 aliphatic carbocycles. The monoisotopic (exact) mass is 365 g/mol. The average molecular weight is 367 g/mol. The topological polar surface area (TPSA) is 12.0 Å². The van der Waals surface area contributed by atoms with Crippen LogP contribution in [-0.2, 0) is 6.42 Å². The van der Waals surface area contributed by atoms with Crippen molar-refractivity contribution in [1.29, 1.82) is 0 Å². The summed E-state index contributed by atoms with van der Waals surface area (Å²) in [4.78, 5) is 0. The molecular weight excluding hydrogens is 346 g/mol. The van der Waals surface area contributed by atoms with Crippen LogP contribution in [0.3, 0.4) is 0 Å². The summed E-state index contributed by atoms with van der Waals surface area (Å²) in [7, 11) is 0. The van der Waals surface area contributed by atoms with E-state index in [-0.39, 0.29) is 6.04 Å². The number of hydrogen-bond donors (Lipinski definition) is 1. The zero-order valence-corrected chi connectivity index (χ0v) is 14.8. The maximum atomic E-state index is 6.19.